The van der Waals surface area contributed by atoms with E-state index in [4.69, 9.17) is 0 Å². The second-order valence-corrected chi connectivity index (χ2v) is 5.33. The van der Waals surface area contributed by atoms with E-state index in [9.17, 15) is 4.79 Å². The number of piperazine rings is 1. The lowest BCUT2D eigenvalue weighted by atomic mass is 10.0. The first-order chi connectivity index (χ1) is 8.72. The Balaban J connectivity index is 1.83. The van der Waals surface area contributed by atoms with E-state index in [2.05, 4.69) is 22.5 Å². The van der Waals surface area contributed by atoms with Gasteiger partial charge in [-0.25, -0.2) is 0 Å². The molecule has 0 spiro atoms. The number of piperidine rings is 1. The summed E-state index contributed by atoms with van der Waals surface area (Å²) in [5.41, 5.74) is 0. The Labute approximate surface area is 110 Å². The van der Waals surface area contributed by atoms with Gasteiger partial charge in [0, 0.05) is 45.8 Å². The molecule has 0 bridgehead atoms. The second-order valence-electron chi connectivity index (χ2n) is 5.33. The first kappa shape index (κ1) is 13.8. The number of nitrogens with zero attached hydrogens (tertiary/aromatic N) is 2. The van der Waals surface area contributed by atoms with Crippen molar-refractivity contribution >= 4 is 5.91 Å². The molecule has 5 heteroatoms. The first-order valence-electron chi connectivity index (χ1n) is 7.15. The number of hydrogen-bond donors (Lipinski definition) is 2. The minimum Gasteiger partial charge on any atom is -0.341 e. The fourth-order valence-corrected chi connectivity index (χ4v) is 2.88. The summed E-state index contributed by atoms with van der Waals surface area (Å²) < 4.78 is 0. The third kappa shape index (κ3) is 3.22. The molecule has 18 heavy (non-hydrogen) atoms. The number of carbonyl (C=O) groups excluding carboxylic acids is 1. The van der Waals surface area contributed by atoms with Crippen molar-refractivity contribution in [1.29, 1.82) is 0 Å². The molecule has 0 radical (unpaired) electrons. The van der Waals surface area contributed by atoms with Crippen LogP contribution in [0.2, 0.25) is 0 Å². The Morgan fingerprint density at radius 2 is 2.06 bits per heavy atom. The summed E-state index contributed by atoms with van der Waals surface area (Å²) in [7, 11) is 1.96. The maximum absolute atomic E-state index is 12.4. The van der Waals surface area contributed by atoms with Gasteiger partial charge < -0.3 is 20.4 Å². The molecule has 104 valence electrons. The zero-order valence-corrected chi connectivity index (χ0v) is 11.6. The van der Waals surface area contributed by atoms with Crippen LogP contribution in [0.4, 0.5) is 0 Å². The summed E-state index contributed by atoms with van der Waals surface area (Å²) in [6.07, 6.45) is 2.21. The predicted molar refractivity (Wildman–Crippen MR) is 72.6 cm³/mol. The summed E-state index contributed by atoms with van der Waals surface area (Å²) >= 11 is 0. The average Bonchev–Trinajstić information content (AvgIpc) is 2.47. The van der Waals surface area contributed by atoms with Crippen LogP contribution in [0.5, 0.6) is 0 Å². The summed E-state index contributed by atoms with van der Waals surface area (Å²) in [5.74, 6) is 0.247. The lowest BCUT2D eigenvalue weighted by molar-refractivity contribution is -0.135. The van der Waals surface area contributed by atoms with E-state index in [-0.39, 0.29) is 11.9 Å². The van der Waals surface area contributed by atoms with Gasteiger partial charge in [0.2, 0.25) is 5.91 Å². The van der Waals surface area contributed by atoms with E-state index in [1.807, 2.05) is 11.9 Å². The maximum Gasteiger partial charge on any atom is 0.241 e. The van der Waals surface area contributed by atoms with Gasteiger partial charge in [-0.1, -0.05) is 6.92 Å². The third-order valence-electron chi connectivity index (χ3n) is 4.24. The molecular formula is C13H26N4O. The van der Waals surface area contributed by atoms with E-state index in [1.54, 1.807) is 0 Å². The van der Waals surface area contributed by atoms with Crippen molar-refractivity contribution in [3.63, 3.8) is 0 Å². The van der Waals surface area contributed by atoms with Crippen molar-refractivity contribution in [3.8, 4) is 0 Å². The van der Waals surface area contributed by atoms with Gasteiger partial charge >= 0.3 is 0 Å². The molecule has 2 saturated heterocycles. The lowest BCUT2D eigenvalue weighted by Crippen LogP contribution is -2.58. The molecule has 1 amide bonds. The fraction of sp³-hybridized carbons (Fsp3) is 0.923. The first-order valence-corrected chi connectivity index (χ1v) is 7.15. The van der Waals surface area contributed by atoms with Crippen LogP contribution in [0.3, 0.4) is 0 Å². The molecule has 2 rings (SSSR count). The maximum atomic E-state index is 12.4. The predicted octanol–water partition coefficient (Wildman–Crippen LogP) is -0.509. The van der Waals surface area contributed by atoms with Crippen LogP contribution < -0.4 is 10.6 Å². The molecular weight excluding hydrogens is 228 g/mol. The van der Waals surface area contributed by atoms with Gasteiger partial charge in [0.15, 0.2) is 0 Å². The average molecular weight is 254 g/mol. The molecule has 0 saturated carbocycles. The summed E-state index contributed by atoms with van der Waals surface area (Å²) in [6, 6.07) is 0.386. The highest BCUT2D eigenvalue weighted by atomic mass is 16.2. The summed E-state index contributed by atoms with van der Waals surface area (Å²) in [4.78, 5) is 16.8. The van der Waals surface area contributed by atoms with Crippen molar-refractivity contribution in [2.45, 2.75) is 31.8 Å². The SMILES string of the molecule is CCN1CCC(N(C)C(=O)C2CNCCN2)CC1. The number of amides is 1. The van der Waals surface area contributed by atoms with E-state index in [0.717, 1.165) is 52.1 Å². The van der Waals surface area contributed by atoms with Crippen LogP contribution in [0.15, 0.2) is 0 Å². The van der Waals surface area contributed by atoms with Crippen molar-refractivity contribution in [2.75, 3.05) is 46.3 Å². The van der Waals surface area contributed by atoms with Gasteiger partial charge in [0.25, 0.3) is 0 Å². The highest BCUT2D eigenvalue weighted by Gasteiger charge is 2.29. The molecule has 0 aromatic heterocycles. The number of hydrogen-bond acceptors (Lipinski definition) is 4. The topological polar surface area (TPSA) is 47.6 Å². The minimum atomic E-state index is -0.0343. The molecule has 2 aliphatic heterocycles. The van der Waals surface area contributed by atoms with Crippen molar-refractivity contribution < 1.29 is 4.79 Å². The number of likely N-dealkylation sites (N-methyl/N-ethyl adjacent to an activating group) is 1. The third-order valence-corrected chi connectivity index (χ3v) is 4.24. The number of likely N-dealkylation sites (tertiary alicyclic amines) is 1. The van der Waals surface area contributed by atoms with Gasteiger partial charge in [-0.05, 0) is 19.4 Å². The van der Waals surface area contributed by atoms with Crippen LogP contribution in [0, 0.1) is 0 Å². The molecule has 1 unspecified atom stereocenters. The molecule has 0 aromatic rings. The monoisotopic (exact) mass is 254 g/mol. The van der Waals surface area contributed by atoms with Crippen molar-refractivity contribution in [3.05, 3.63) is 0 Å². The van der Waals surface area contributed by atoms with Gasteiger partial charge in [0.05, 0.1) is 6.04 Å². The number of carbonyl (C=O) groups is 1. The lowest BCUT2D eigenvalue weighted by Gasteiger charge is -2.38. The number of rotatable bonds is 3. The van der Waals surface area contributed by atoms with Crippen LogP contribution in [0.1, 0.15) is 19.8 Å². The van der Waals surface area contributed by atoms with E-state index >= 15 is 0 Å². The van der Waals surface area contributed by atoms with E-state index < -0.39 is 0 Å². The Morgan fingerprint density at radius 3 is 2.61 bits per heavy atom. The fourth-order valence-electron chi connectivity index (χ4n) is 2.88. The molecule has 0 aliphatic carbocycles. The van der Waals surface area contributed by atoms with E-state index in [0.29, 0.717) is 6.04 Å². The normalized spacial score (nSPS) is 27.1. The smallest absolute Gasteiger partial charge is 0.241 e. The Morgan fingerprint density at radius 1 is 1.33 bits per heavy atom. The largest absolute Gasteiger partial charge is 0.341 e. The Hall–Kier alpha value is -0.650. The molecule has 1 atom stereocenters. The van der Waals surface area contributed by atoms with Gasteiger partial charge in [-0.15, -0.1) is 0 Å². The van der Waals surface area contributed by atoms with Gasteiger partial charge in [-0.3, -0.25) is 4.79 Å². The molecule has 2 aliphatic rings. The van der Waals surface area contributed by atoms with Crippen LogP contribution >= 0.6 is 0 Å². The molecule has 2 heterocycles. The molecule has 5 nitrogen and oxygen atoms in total. The van der Waals surface area contributed by atoms with Crippen LogP contribution in [-0.2, 0) is 4.79 Å². The Bertz CT molecular complexity index is 270. The second kappa shape index (κ2) is 6.50. The van der Waals surface area contributed by atoms with Gasteiger partial charge in [0.1, 0.15) is 0 Å². The van der Waals surface area contributed by atoms with Crippen molar-refractivity contribution in [1.82, 2.24) is 20.4 Å². The highest BCUT2D eigenvalue weighted by molar-refractivity contribution is 5.82. The molecule has 2 N–H and O–H groups in total. The highest BCUT2D eigenvalue weighted by Crippen LogP contribution is 2.16. The standard InChI is InChI=1S/C13H26N4O/c1-3-17-8-4-11(5-9-17)16(2)13(18)12-10-14-6-7-15-12/h11-12,14-15H,3-10H2,1-2H3. The van der Waals surface area contributed by atoms with Crippen molar-refractivity contribution in [2.24, 2.45) is 0 Å². The van der Waals surface area contributed by atoms with Crippen LogP contribution in [0.25, 0.3) is 0 Å². The number of nitrogens with one attached hydrogen (secondary N) is 2. The van der Waals surface area contributed by atoms with Gasteiger partial charge in [-0.2, -0.15) is 0 Å². The quantitative estimate of drug-likeness (QED) is 0.712. The zero-order valence-electron chi connectivity index (χ0n) is 11.6. The zero-order chi connectivity index (χ0) is 13.0. The molecule has 2 fully saturated rings. The minimum absolute atomic E-state index is 0.0343. The summed E-state index contributed by atoms with van der Waals surface area (Å²) in [6.45, 7) is 8.17. The molecule has 0 aromatic carbocycles. The summed E-state index contributed by atoms with van der Waals surface area (Å²) in [5, 5.41) is 6.57. The van der Waals surface area contributed by atoms with Crippen LogP contribution in [-0.4, -0.2) is 74.1 Å². The van der Waals surface area contributed by atoms with E-state index in [1.165, 1.54) is 0 Å². The Kier molecular flexibility index (Phi) is 4.97.